The van der Waals surface area contributed by atoms with E-state index in [1.807, 2.05) is 0 Å². The maximum absolute atomic E-state index is 12.4. The van der Waals surface area contributed by atoms with Crippen molar-refractivity contribution in [3.8, 4) is 11.3 Å². The third-order valence-corrected chi connectivity index (χ3v) is 6.36. The second-order valence-electron chi connectivity index (χ2n) is 7.69. The Bertz CT molecular complexity index is 970. The Balaban J connectivity index is 1.42. The van der Waals surface area contributed by atoms with E-state index in [0.29, 0.717) is 28.0 Å². The van der Waals surface area contributed by atoms with Crippen molar-refractivity contribution in [2.75, 3.05) is 0 Å². The van der Waals surface area contributed by atoms with Crippen molar-refractivity contribution in [3.05, 3.63) is 51.2 Å². The lowest BCUT2D eigenvalue weighted by molar-refractivity contribution is -0.384. The summed E-state index contributed by atoms with van der Waals surface area (Å²) in [6.45, 7) is 2.19. The fraction of sp³-hybridized carbons (Fsp3) is 0.400. The summed E-state index contributed by atoms with van der Waals surface area (Å²) in [7, 11) is 0. The number of nitro benzene ring substituents is 1. The van der Waals surface area contributed by atoms with Gasteiger partial charge in [-0.3, -0.25) is 14.9 Å². The molecule has 0 aliphatic heterocycles. The number of hydrazone groups is 1. The number of halogens is 1. The van der Waals surface area contributed by atoms with Crippen LogP contribution < -0.4 is 5.43 Å². The first-order valence-corrected chi connectivity index (χ1v) is 9.65. The molecule has 0 bridgehead atoms. The Labute approximate surface area is 166 Å². The number of amides is 1. The van der Waals surface area contributed by atoms with Gasteiger partial charge in [-0.2, -0.15) is 5.10 Å². The molecule has 0 unspecified atom stereocenters. The van der Waals surface area contributed by atoms with Gasteiger partial charge >= 0.3 is 0 Å². The van der Waals surface area contributed by atoms with Gasteiger partial charge in [0.15, 0.2) is 0 Å². The first kappa shape index (κ1) is 18.7. The molecule has 1 N–H and O–H groups in total. The van der Waals surface area contributed by atoms with Crippen molar-refractivity contribution in [1.29, 1.82) is 0 Å². The van der Waals surface area contributed by atoms with Crippen molar-refractivity contribution in [2.24, 2.45) is 22.4 Å². The van der Waals surface area contributed by atoms with Gasteiger partial charge in [-0.15, -0.1) is 0 Å². The molecule has 1 aromatic heterocycles. The molecule has 7 nitrogen and oxygen atoms in total. The summed E-state index contributed by atoms with van der Waals surface area (Å²) in [4.78, 5) is 22.9. The molecule has 1 aromatic carbocycles. The van der Waals surface area contributed by atoms with Crippen LogP contribution in [0.4, 0.5) is 5.69 Å². The number of nitrogens with one attached hydrogen (secondary N) is 1. The molecule has 8 heteroatoms. The fourth-order valence-electron chi connectivity index (χ4n) is 4.46. The van der Waals surface area contributed by atoms with Gasteiger partial charge in [0.2, 0.25) is 5.91 Å². The number of carbonyl (C=O) groups is 1. The predicted molar refractivity (Wildman–Crippen MR) is 105 cm³/mol. The van der Waals surface area contributed by atoms with Gasteiger partial charge in [0, 0.05) is 23.6 Å². The molecule has 1 heterocycles. The van der Waals surface area contributed by atoms with Crippen molar-refractivity contribution >= 4 is 29.4 Å². The number of hydrogen-bond donors (Lipinski definition) is 1. The van der Waals surface area contributed by atoms with Gasteiger partial charge in [0.25, 0.3) is 5.69 Å². The molecular formula is C20H20ClN3O4. The molecule has 0 radical (unpaired) electrons. The number of fused-ring (bicyclic) bond motifs is 1. The van der Waals surface area contributed by atoms with Gasteiger partial charge in [0.05, 0.1) is 16.2 Å². The molecule has 2 aromatic rings. The summed E-state index contributed by atoms with van der Waals surface area (Å²) in [5.74, 6) is 1.28. The van der Waals surface area contributed by atoms with Gasteiger partial charge in [-0.25, -0.2) is 5.43 Å². The van der Waals surface area contributed by atoms with E-state index in [2.05, 4.69) is 17.5 Å². The highest BCUT2D eigenvalue weighted by atomic mass is 35.5. The molecule has 3 atom stereocenters. The van der Waals surface area contributed by atoms with Crippen molar-refractivity contribution in [2.45, 2.75) is 32.6 Å². The largest absolute Gasteiger partial charge is 0.455 e. The number of nitrogens with zero attached hydrogens (tertiary/aromatic N) is 2. The first-order chi connectivity index (χ1) is 13.4. The molecule has 4 rings (SSSR count). The first-order valence-electron chi connectivity index (χ1n) is 9.27. The monoisotopic (exact) mass is 401 g/mol. The number of benzene rings is 1. The molecule has 146 valence electrons. The van der Waals surface area contributed by atoms with E-state index < -0.39 is 4.92 Å². The molecular weight excluding hydrogens is 382 g/mol. The average molecular weight is 402 g/mol. The summed E-state index contributed by atoms with van der Waals surface area (Å²) in [5.41, 5.74) is 3.10. The third-order valence-electron chi connectivity index (χ3n) is 6.03. The van der Waals surface area contributed by atoms with Crippen LogP contribution in [0, 0.1) is 27.4 Å². The summed E-state index contributed by atoms with van der Waals surface area (Å²) < 4.78 is 5.65. The van der Waals surface area contributed by atoms with Crippen LogP contribution in [0.5, 0.6) is 0 Å². The minimum atomic E-state index is -0.489. The van der Waals surface area contributed by atoms with Crippen LogP contribution in [-0.2, 0) is 4.79 Å². The molecule has 2 saturated carbocycles. The van der Waals surface area contributed by atoms with Gasteiger partial charge in [0.1, 0.15) is 11.5 Å². The van der Waals surface area contributed by atoms with Crippen molar-refractivity contribution < 1.29 is 14.1 Å². The van der Waals surface area contributed by atoms with Crippen LogP contribution >= 0.6 is 11.6 Å². The minimum absolute atomic E-state index is 0.0424. The lowest BCUT2D eigenvalue weighted by Crippen LogP contribution is -2.22. The molecule has 0 spiro atoms. The van der Waals surface area contributed by atoms with E-state index in [1.54, 1.807) is 12.1 Å². The molecule has 2 aliphatic rings. The highest BCUT2D eigenvalue weighted by Crippen LogP contribution is 2.66. The van der Waals surface area contributed by atoms with Gasteiger partial charge in [-0.05, 0) is 42.4 Å². The molecule has 1 amide bonds. The lowest BCUT2D eigenvalue weighted by atomic mass is 9.90. The van der Waals surface area contributed by atoms with E-state index in [4.69, 9.17) is 16.0 Å². The number of furan rings is 1. The fourth-order valence-corrected chi connectivity index (χ4v) is 4.67. The second kappa shape index (κ2) is 7.05. The Morgan fingerprint density at radius 2 is 2.21 bits per heavy atom. The summed E-state index contributed by atoms with van der Waals surface area (Å²) in [6.07, 6.45) is 6.02. The molecule has 2 fully saturated rings. The zero-order chi connectivity index (χ0) is 19.9. The van der Waals surface area contributed by atoms with E-state index in [9.17, 15) is 14.9 Å². The molecule has 0 saturated heterocycles. The van der Waals surface area contributed by atoms with Crippen molar-refractivity contribution in [1.82, 2.24) is 5.43 Å². The zero-order valence-electron chi connectivity index (χ0n) is 15.4. The smallest absolute Gasteiger partial charge is 0.270 e. The van der Waals surface area contributed by atoms with Gasteiger partial charge < -0.3 is 4.42 Å². The van der Waals surface area contributed by atoms with E-state index in [-0.39, 0.29) is 22.9 Å². The van der Waals surface area contributed by atoms with Crippen LogP contribution in [0.2, 0.25) is 5.02 Å². The Morgan fingerprint density at radius 1 is 1.39 bits per heavy atom. The number of carbonyl (C=O) groups excluding carboxylic acids is 1. The van der Waals surface area contributed by atoms with E-state index in [1.165, 1.54) is 37.3 Å². The Hall–Kier alpha value is -2.67. The van der Waals surface area contributed by atoms with Crippen LogP contribution in [0.1, 0.15) is 38.4 Å². The number of rotatable bonds is 5. The van der Waals surface area contributed by atoms with Crippen molar-refractivity contribution in [3.63, 3.8) is 0 Å². The summed E-state index contributed by atoms with van der Waals surface area (Å²) in [6, 6.07) is 7.48. The summed E-state index contributed by atoms with van der Waals surface area (Å²) in [5, 5.41) is 15.3. The highest BCUT2D eigenvalue weighted by Gasteiger charge is 2.64. The third kappa shape index (κ3) is 3.30. The number of nitro groups is 1. The molecule has 2 aliphatic carbocycles. The Morgan fingerprint density at radius 3 is 2.93 bits per heavy atom. The Kier molecular flexibility index (Phi) is 4.71. The quantitative estimate of drug-likeness (QED) is 0.442. The van der Waals surface area contributed by atoms with Crippen LogP contribution in [0.3, 0.4) is 0 Å². The van der Waals surface area contributed by atoms with Crippen LogP contribution in [-0.4, -0.2) is 17.0 Å². The lowest BCUT2D eigenvalue weighted by Gasteiger charge is -2.15. The maximum Gasteiger partial charge on any atom is 0.270 e. The van der Waals surface area contributed by atoms with Crippen LogP contribution in [0.25, 0.3) is 11.3 Å². The second-order valence-corrected chi connectivity index (χ2v) is 8.10. The topological polar surface area (TPSA) is 97.7 Å². The zero-order valence-corrected chi connectivity index (χ0v) is 16.1. The predicted octanol–water partition coefficient (Wildman–Crippen LogP) is 4.78. The standard InChI is InChI=1S/C20H20ClN3O4/c1-20-9-3-2-4-15(20)18(20)19(25)23-22-11-13-6-8-17(28-13)14-10-12(24(26)27)5-7-16(14)21/h5-8,10-11,15,18H,2-4,9H2,1H3,(H,23,25)/b22-11-/t15-,18+,20+/m1/s1. The van der Waals surface area contributed by atoms with Gasteiger partial charge in [-0.1, -0.05) is 31.4 Å². The number of non-ortho nitro benzene ring substituents is 1. The highest BCUT2D eigenvalue weighted by molar-refractivity contribution is 6.33. The van der Waals surface area contributed by atoms with E-state index in [0.717, 1.165) is 12.8 Å². The number of hydrogen-bond acceptors (Lipinski definition) is 5. The maximum atomic E-state index is 12.4. The SMILES string of the molecule is C[C@]12CCCC[C@@H]1[C@H]2C(=O)N/N=C\c1ccc(-c2cc([N+](=O)[O-])ccc2Cl)o1. The van der Waals surface area contributed by atoms with Crippen LogP contribution in [0.15, 0.2) is 39.9 Å². The van der Waals surface area contributed by atoms with E-state index >= 15 is 0 Å². The summed E-state index contributed by atoms with van der Waals surface area (Å²) >= 11 is 6.13. The average Bonchev–Trinajstić information content (AvgIpc) is 3.03. The minimum Gasteiger partial charge on any atom is -0.455 e. The molecule has 28 heavy (non-hydrogen) atoms. The normalized spacial score (nSPS) is 26.1.